The minimum absolute atomic E-state index is 0.123. The zero-order chi connectivity index (χ0) is 21.1. The smallest absolute Gasteiger partial charge is 0.261 e. The van der Waals surface area contributed by atoms with Gasteiger partial charge >= 0.3 is 0 Å². The Morgan fingerprint density at radius 2 is 1.83 bits per heavy atom. The molecule has 3 aromatic rings. The van der Waals surface area contributed by atoms with Crippen molar-refractivity contribution >= 4 is 29.1 Å². The third-order valence-corrected chi connectivity index (χ3v) is 6.12. The van der Waals surface area contributed by atoms with E-state index < -0.39 is 0 Å². The summed E-state index contributed by atoms with van der Waals surface area (Å²) in [5.41, 5.74) is 2.68. The van der Waals surface area contributed by atoms with Gasteiger partial charge in [-0.1, -0.05) is 12.1 Å². The van der Waals surface area contributed by atoms with Gasteiger partial charge in [-0.15, -0.1) is 11.3 Å². The van der Waals surface area contributed by atoms with E-state index in [0.29, 0.717) is 24.1 Å². The number of imide groups is 1. The molecule has 3 heterocycles. The summed E-state index contributed by atoms with van der Waals surface area (Å²) in [7, 11) is 0. The molecule has 1 N–H and O–H groups in total. The fourth-order valence-corrected chi connectivity index (χ4v) is 4.30. The zero-order valence-corrected chi connectivity index (χ0v) is 17.2. The van der Waals surface area contributed by atoms with E-state index in [-0.39, 0.29) is 30.7 Å². The number of nitrogens with one attached hydrogen (secondary N) is 1. The number of hydrogen-bond acceptors (Lipinski definition) is 6. The molecule has 1 aliphatic heterocycles. The van der Waals surface area contributed by atoms with Crippen LogP contribution in [0.3, 0.4) is 0 Å². The number of amides is 3. The molecule has 0 unspecified atom stereocenters. The summed E-state index contributed by atoms with van der Waals surface area (Å²) in [4.78, 5) is 47.8. The fraction of sp³-hybridized carbons (Fsp3) is 0.227. The van der Waals surface area contributed by atoms with Crippen molar-refractivity contribution in [3.63, 3.8) is 0 Å². The molecule has 0 bridgehead atoms. The molecule has 0 aliphatic carbocycles. The minimum atomic E-state index is -0.292. The predicted octanol–water partition coefficient (Wildman–Crippen LogP) is 3.21. The molecule has 1 aromatic carbocycles. The van der Waals surface area contributed by atoms with Gasteiger partial charge in [0.25, 0.3) is 11.8 Å². The standard InChI is InChI=1S/C22H20N4O3S/c1-14-18(30-20(25-14)15-6-4-10-23-12-15)13-24-19(27)9-5-11-26-21(28)16-7-2-3-8-17(16)22(26)29/h2-4,6-8,10,12H,5,9,11,13H2,1H3,(H,24,27). The lowest BCUT2D eigenvalue weighted by Crippen LogP contribution is -2.32. The Morgan fingerprint density at radius 3 is 2.50 bits per heavy atom. The summed E-state index contributed by atoms with van der Waals surface area (Å²) >= 11 is 1.53. The van der Waals surface area contributed by atoms with Gasteiger partial charge in [0.05, 0.1) is 23.4 Å². The van der Waals surface area contributed by atoms with Crippen LogP contribution in [0, 0.1) is 6.92 Å². The first-order valence-corrected chi connectivity index (χ1v) is 10.4. The molecule has 30 heavy (non-hydrogen) atoms. The summed E-state index contributed by atoms with van der Waals surface area (Å²) in [6.07, 6.45) is 4.13. The van der Waals surface area contributed by atoms with E-state index >= 15 is 0 Å². The van der Waals surface area contributed by atoms with Gasteiger partial charge in [-0.2, -0.15) is 0 Å². The molecule has 2 aromatic heterocycles. The van der Waals surface area contributed by atoms with E-state index in [4.69, 9.17) is 0 Å². The first kappa shape index (κ1) is 19.9. The Morgan fingerprint density at radius 1 is 1.10 bits per heavy atom. The van der Waals surface area contributed by atoms with Crippen molar-refractivity contribution in [2.75, 3.05) is 6.54 Å². The molecule has 0 saturated carbocycles. The Hall–Kier alpha value is -3.39. The number of hydrogen-bond donors (Lipinski definition) is 1. The average molecular weight is 420 g/mol. The number of carbonyl (C=O) groups is 3. The van der Waals surface area contributed by atoms with E-state index in [1.807, 2.05) is 19.1 Å². The average Bonchev–Trinajstić information content (AvgIpc) is 3.26. The van der Waals surface area contributed by atoms with Crippen molar-refractivity contribution in [2.45, 2.75) is 26.3 Å². The van der Waals surface area contributed by atoms with E-state index in [9.17, 15) is 14.4 Å². The first-order valence-electron chi connectivity index (χ1n) is 9.63. The van der Waals surface area contributed by atoms with Crippen molar-refractivity contribution in [3.8, 4) is 10.6 Å². The normalized spacial score (nSPS) is 12.9. The zero-order valence-electron chi connectivity index (χ0n) is 16.4. The molecule has 4 rings (SSSR count). The summed E-state index contributed by atoms with van der Waals surface area (Å²) in [6, 6.07) is 10.6. The highest BCUT2D eigenvalue weighted by molar-refractivity contribution is 7.15. The minimum Gasteiger partial charge on any atom is -0.351 e. The maximum atomic E-state index is 12.3. The Balaban J connectivity index is 1.27. The summed E-state index contributed by atoms with van der Waals surface area (Å²) < 4.78 is 0. The summed E-state index contributed by atoms with van der Waals surface area (Å²) in [6.45, 7) is 2.54. The van der Waals surface area contributed by atoms with Gasteiger partial charge in [0.1, 0.15) is 5.01 Å². The topological polar surface area (TPSA) is 92.3 Å². The lowest BCUT2D eigenvalue weighted by Gasteiger charge is -2.13. The molecule has 8 heteroatoms. The highest BCUT2D eigenvalue weighted by Gasteiger charge is 2.34. The lowest BCUT2D eigenvalue weighted by molar-refractivity contribution is -0.121. The van der Waals surface area contributed by atoms with Crippen molar-refractivity contribution in [1.82, 2.24) is 20.2 Å². The number of thiazole rings is 1. The molecular weight excluding hydrogens is 400 g/mol. The van der Waals surface area contributed by atoms with Gasteiger partial charge in [0.15, 0.2) is 0 Å². The summed E-state index contributed by atoms with van der Waals surface area (Å²) in [5.74, 6) is -0.708. The molecule has 0 fully saturated rings. The Kier molecular flexibility index (Phi) is 5.67. The van der Waals surface area contributed by atoms with Crippen LogP contribution in [-0.2, 0) is 11.3 Å². The van der Waals surface area contributed by atoms with E-state index in [1.54, 1.807) is 36.7 Å². The monoisotopic (exact) mass is 420 g/mol. The van der Waals surface area contributed by atoms with Crippen molar-refractivity contribution in [2.24, 2.45) is 0 Å². The van der Waals surface area contributed by atoms with E-state index in [1.165, 1.54) is 16.2 Å². The van der Waals surface area contributed by atoms with Crippen LogP contribution < -0.4 is 5.32 Å². The molecule has 152 valence electrons. The first-order chi connectivity index (χ1) is 14.5. The van der Waals surface area contributed by atoms with Crippen LogP contribution in [0.25, 0.3) is 10.6 Å². The third-order valence-electron chi connectivity index (χ3n) is 4.91. The molecule has 0 saturated heterocycles. The van der Waals surface area contributed by atoms with Gasteiger partial charge in [0, 0.05) is 35.8 Å². The number of carbonyl (C=O) groups excluding carboxylic acids is 3. The van der Waals surface area contributed by atoms with Gasteiger partial charge in [-0.25, -0.2) is 4.98 Å². The van der Waals surface area contributed by atoms with Gasteiger partial charge in [-0.3, -0.25) is 24.3 Å². The van der Waals surface area contributed by atoms with Crippen LogP contribution in [-0.4, -0.2) is 39.1 Å². The highest BCUT2D eigenvalue weighted by atomic mass is 32.1. The molecular formula is C22H20N4O3S. The van der Waals surface area contributed by atoms with Crippen molar-refractivity contribution in [3.05, 3.63) is 70.5 Å². The van der Waals surface area contributed by atoms with Gasteiger partial charge in [-0.05, 0) is 37.6 Å². The number of benzene rings is 1. The largest absolute Gasteiger partial charge is 0.351 e. The number of fused-ring (bicyclic) bond motifs is 1. The van der Waals surface area contributed by atoms with Crippen LogP contribution in [0.5, 0.6) is 0 Å². The van der Waals surface area contributed by atoms with Gasteiger partial charge in [0.2, 0.25) is 5.91 Å². The molecule has 3 amide bonds. The van der Waals surface area contributed by atoms with Crippen LogP contribution in [0.2, 0.25) is 0 Å². The molecule has 0 atom stereocenters. The van der Waals surface area contributed by atoms with Crippen molar-refractivity contribution < 1.29 is 14.4 Å². The lowest BCUT2D eigenvalue weighted by atomic mass is 10.1. The fourth-order valence-electron chi connectivity index (χ4n) is 3.31. The molecule has 1 aliphatic rings. The summed E-state index contributed by atoms with van der Waals surface area (Å²) in [5, 5.41) is 3.77. The van der Waals surface area contributed by atoms with Crippen LogP contribution >= 0.6 is 11.3 Å². The number of aryl methyl sites for hydroxylation is 1. The Bertz CT molecular complexity index is 1080. The number of rotatable bonds is 7. The van der Waals surface area contributed by atoms with Crippen molar-refractivity contribution in [1.29, 1.82) is 0 Å². The third kappa shape index (κ3) is 3.99. The predicted molar refractivity (Wildman–Crippen MR) is 113 cm³/mol. The number of pyridine rings is 1. The second-order valence-electron chi connectivity index (χ2n) is 6.96. The maximum Gasteiger partial charge on any atom is 0.261 e. The molecule has 0 spiro atoms. The highest BCUT2D eigenvalue weighted by Crippen LogP contribution is 2.27. The van der Waals surface area contributed by atoms with Crippen LogP contribution in [0.4, 0.5) is 0 Å². The number of nitrogens with zero attached hydrogens (tertiary/aromatic N) is 3. The second kappa shape index (κ2) is 8.54. The SMILES string of the molecule is Cc1nc(-c2cccnc2)sc1CNC(=O)CCCN1C(=O)c2ccccc2C1=O. The van der Waals surface area contributed by atoms with E-state index in [0.717, 1.165) is 21.1 Å². The second-order valence-corrected chi connectivity index (χ2v) is 8.04. The molecule has 0 radical (unpaired) electrons. The molecule has 7 nitrogen and oxygen atoms in total. The Labute approximate surface area is 177 Å². The number of aromatic nitrogens is 2. The van der Waals surface area contributed by atoms with Gasteiger partial charge < -0.3 is 5.32 Å². The van der Waals surface area contributed by atoms with Crippen LogP contribution in [0.1, 0.15) is 44.1 Å². The maximum absolute atomic E-state index is 12.3. The van der Waals surface area contributed by atoms with Crippen LogP contribution in [0.15, 0.2) is 48.8 Å². The quantitative estimate of drug-likeness (QED) is 0.593. The van der Waals surface area contributed by atoms with E-state index in [2.05, 4.69) is 15.3 Å².